The molecule has 12 heavy (non-hydrogen) atoms. The van der Waals surface area contributed by atoms with Gasteiger partial charge in [-0.05, 0) is 0 Å². The van der Waals surface area contributed by atoms with Gasteiger partial charge in [-0.1, -0.05) is 0 Å². The molecule has 5 nitrogen and oxygen atoms in total. The average molecular weight is 167 g/mol. The fourth-order valence-corrected chi connectivity index (χ4v) is 1.32. The number of H-pyrrole nitrogens is 1. The van der Waals surface area contributed by atoms with Crippen LogP contribution in [-0.2, 0) is 17.8 Å². The maximum atomic E-state index is 10.8. The number of nitrogens with one attached hydrogen (secondary N) is 1. The van der Waals surface area contributed by atoms with Gasteiger partial charge < -0.3 is 10.5 Å². The molecule has 0 atom stereocenters. The molecule has 0 radical (unpaired) electrons. The van der Waals surface area contributed by atoms with Gasteiger partial charge >= 0.3 is 0 Å². The lowest BCUT2D eigenvalue weighted by atomic mass is 10.1. The third-order valence-corrected chi connectivity index (χ3v) is 1.93. The van der Waals surface area contributed by atoms with Crippen molar-refractivity contribution in [2.24, 2.45) is 5.73 Å². The fourth-order valence-electron chi connectivity index (χ4n) is 1.32. The molecule has 0 bridgehead atoms. The summed E-state index contributed by atoms with van der Waals surface area (Å²) in [5.74, 6) is -0.502. The number of carbonyl (C=O) groups excluding carboxylic acids is 1. The molecule has 0 unspecified atom stereocenters. The number of ether oxygens (including phenoxy) is 1. The number of amides is 1. The van der Waals surface area contributed by atoms with Crippen molar-refractivity contribution in [2.75, 3.05) is 6.61 Å². The number of fused-ring (bicyclic) bond motifs is 1. The Bertz CT molecular complexity index is 318. The van der Waals surface area contributed by atoms with E-state index in [-0.39, 0.29) is 0 Å². The Morgan fingerprint density at radius 1 is 1.67 bits per heavy atom. The third-order valence-electron chi connectivity index (χ3n) is 1.93. The van der Waals surface area contributed by atoms with Crippen LogP contribution in [0.15, 0.2) is 0 Å². The molecule has 0 fully saturated rings. The van der Waals surface area contributed by atoms with E-state index in [1.807, 2.05) is 0 Å². The van der Waals surface area contributed by atoms with E-state index >= 15 is 0 Å². The molecule has 0 saturated carbocycles. The number of primary amides is 1. The number of aromatic nitrogens is 2. The number of rotatable bonds is 1. The number of nitrogens with two attached hydrogens (primary N) is 1. The molecule has 1 amide bonds. The summed E-state index contributed by atoms with van der Waals surface area (Å²) >= 11 is 0. The quantitative estimate of drug-likeness (QED) is 0.596. The van der Waals surface area contributed by atoms with Crippen molar-refractivity contribution >= 4 is 5.91 Å². The van der Waals surface area contributed by atoms with Gasteiger partial charge in [-0.25, -0.2) is 0 Å². The zero-order valence-electron chi connectivity index (χ0n) is 6.46. The van der Waals surface area contributed by atoms with Crippen molar-refractivity contribution in [1.29, 1.82) is 0 Å². The Kier molecular flexibility index (Phi) is 1.58. The maximum Gasteiger partial charge on any atom is 0.269 e. The van der Waals surface area contributed by atoms with Crippen LogP contribution in [0.1, 0.15) is 21.7 Å². The number of carbonyl (C=O) groups is 1. The first kappa shape index (κ1) is 7.30. The van der Waals surface area contributed by atoms with Crippen LogP contribution < -0.4 is 5.73 Å². The largest absolute Gasteiger partial charge is 0.376 e. The molecule has 1 aromatic rings. The van der Waals surface area contributed by atoms with Gasteiger partial charge in [0.1, 0.15) is 0 Å². The van der Waals surface area contributed by atoms with E-state index in [0.717, 1.165) is 17.7 Å². The van der Waals surface area contributed by atoms with Crippen LogP contribution in [0.3, 0.4) is 0 Å². The summed E-state index contributed by atoms with van der Waals surface area (Å²) in [6.45, 7) is 1.11. The Morgan fingerprint density at radius 2 is 2.50 bits per heavy atom. The maximum absolute atomic E-state index is 10.8. The first-order valence-electron chi connectivity index (χ1n) is 3.72. The summed E-state index contributed by atoms with van der Waals surface area (Å²) in [6, 6.07) is 0. The molecule has 5 heteroatoms. The van der Waals surface area contributed by atoms with Gasteiger partial charge in [-0.3, -0.25) is 9.89 Å². The minimum atomic E-state index is -0.502. The normalized spacial score (nSPS) is 15.7. The van der Waals surface area contributed by atoms with Crippen molar-refractivity contribution in [1.82, 2.24) is 10.2 Å². The zero-order chi connectivity index (χ0) is 8.55. The number of hydrogen-bond acceptors (Lipinski definition) is 3. The first-order chi connectivity index (χ1) is 5.79. The lowest BCUT2D eigenvalue weighted by Crippen LogP contribution is -2.16. The average Bonchev–Trinajstić information content (AvgIpc) is 2.47. The predicted octanol–water partition coefficient (Wildman–Crippen LogP) is -0.419. The minimum Gasteiger partial charge on any atom is -0.376 e. The van der Waals surface area contributed by atoms with E-state index in [9.17, 15) is 4.79 Å². The Balaban J connectivity index is 2.44. The van der Waals surface area contributed by atoms with E-state index < -0.39 is 5.91 Å². The van der Waals surface area contributed by atoms with Crippen LogP contribution in [0.4, 0.5) is 0 Å². The molecular weight excluding hydrogens is 158 g/mol. The summed E-state index contributed by atoms with van der Waals surface area (Å²) in [6.07, 6.45) is 0.773. The summed E-state index contributed by atoms with van der Waals surface area (Å²) in [5.41, 5.74) is 7.20. The molecule has 64 valence electrons. The highest BCUT2D eigenvalue weighted by atomic mass is 16.5. The summed E-state index contributed by atoms with van der Waals surface area (Å²) in [5, 5.41) is 6.59. The molecule has 2 heterocycles. The van der Waals surface area contributed by atoms with Gasteiger partial charge in [0.15, 0.2) is 5.69 Å². The lowest BCUT2D eigenvalue weighted by molar-refractivity contribution is 0.0966. The van der Waals surface area contributed by atoms with E-state index in [1.54, 1.807) is 0 Å². The standard InChI is InChI=1S/C7H9N3O2/c8-7(11)6-4-3-12-2-1-5(4)9-10-6/h1-3H2,(H2,8,11)(H,9,10). The van der Waals surface area contributed by atoms with Crippen LogP contribution in [0, 0.1) is 0 Å². The minimum absolute atomic E-state index is 0.310. The summed E-state index contributed by atoms with van der Waals surface area (Å²) in [7, 11) is 0. The Labute approximate surface area is 68.9 Å². The topological polar surface area (TPSA) is 81.0 Å². The number of nitrogens with zero attached hydrogens (tertiary/aromatic N) is 1. The van der Waals surface area contributed by atoms with Crippen molar-refractivity contribution in [3.8, 4) is 0 Å². The monoisotopic (exact) mass is 167 g/mol. The third kappa shape index (κ3) is 0.984. The smallest absolute Gasteiger partial charge is 0.269 e. The van der Waals surface area contributed by atoms with Crippen LogP contribution in [0.25, 0.3) is 0 Å². The lowest BCUT2D eigenvalue weighted by Gasteiger charge is -2.10. The highest BCUT2D eigenvalue weighted by molar-refractivity contribution is 5.92. The van der Waals surface area contributed by atoms with Gasteiger partial charge in [-0.15, -0.1) is 0 Å². The second kappa shape index (κ2) is 2.60. The highest BCUT2D eigenvalue weighted by Gasteiger charge is 2.19. The van der Waals surface area contributed by atoms with E-state index in [1.165, 1.54) is 0 Å². The molecule has 0 aliphatic carbocycles. The van der Waals surface area contributed by atoms with Crippen LogP contribution in [-0.4, -0.2) is 22.7 Å². The summed E-state index contributed by atoms with van der Waals surface area (Å²) < 4.78 is 5.18. The number of aromatic amines is 1. The van der Waals surface area contributed by atoms with Crippen molar-refractivity contribution in [3.05, 3.63) is 17.0 Å². The van der Waals surface area contributed by atoms with E-state index in [2.05, 4.69) is 10.2 Å². The first-order valence-corrected chi connectivity index (χ1v) is 3.72. The second-order valence-electron chi connectivity index (χ2n) is 2.70. The van der Waals surface area contributed by atoms with E-state index in [4.69, 9.17) is 10.5 Å². The predicted molar refractivity (Wildman–Crippen MR) is 40.5 cm³/mol. The molecule has 1 aliphatic rings. The van der Waals surface area contributed by atoms with Crippen molar-refractivity contribution < 1.29 is 9.53 Å². The molecule has 1 aromatic heterocycles. The van der Waals surface area contributed by atoms with Gasteiger partial charge in [0.25, 0.3) is 5.91 Å². The zero-order valence-corrected chi connectivity index (χ0v) is 6.46. The SMILES string of the molecule is NC(=O)c1n[nH]c2c1COCC2. The van der Waals surface area contributed by atoms with Gasteiger partial charge in [-0.2, -0.15) is 5.10 Å². The molecule has 0 saturated heterocycles. The van der Waals surface area contributed by atoms with Gasteiger partial charge in [0.05, 0.1) is 13.2 Å². The molecule has 2 rings (SSSR count). The highest BCUT2D eigenvalue weighted by Crippen LogP contribution is 2.17. The number of hydrogen-bond donors (Lipinski definition) is 2. The molecule has 0 spiro atoms. The Hall–Kier alpha value is -1.36. The van der Waals surface area contributed by atoms with Gasteiger partial charge in [0, 0.05) is 17.7 Å². The Morgan fingerprint density at radius 3 is 3.25 bits per heavy atom. The molecule has 1 aliphatic heterocycles. The van der Waals surface area contributed by atoms with E-state index in [0.29, 0.717) is 18.9 Å². The van der Waals surface area contributed by atoms with Crippen LogP contribution in [0.2, 0.25) is 0 Å². The molecular formula is C7H9N3O2. The second-order valence-corrected chi connectivity index (χ2v) is 2.70. The molecule has 0 aromatic carbocycles. The molecule has 3 N–H and O–H groups in total. The van der Waals surface area contributed by atoms with Crippen LogP contribution in [0.5, 0.6) is 0 Å². The van der Waals surface area contributed by atoms with Crippen molar-refractivity contribution in [2.45, 2.75) is 13.0 Å². The van der Waals surface area contributed by atoms with Gasteiger partial charge in [0.2, 0.25) is 0 Å². The van der Waals surface area contributed by atoms with Crippen molar-refractivity contribution in [3.63, 3.8) is 0 Å². The fraction of sp³-hybridized carbons (Fsp3) is 0.429. The van der Waals surface area contributed by atoms with Crippen LogP contribution >= 0.6 is 0 Å². The summed E-state index contributed by atoms with van der Waals surface area (Å²) in [4.78, 5) is 10.8.